The van der Waals surface area contributed by atoms with Crippen LogP contribution in [-0.4, -0.2) is 55.5 Å². The number of amides is 1. The molecule has 2 saturated heterocycles. The number of hydrogen-bond donors (Lipinski definition) is 0. The Labute approximate surface area is 141 Å². The van der Waals surface area contributed by atoms with Crippen molar-refractivity contribution in [1.29, 1.82) is 0 Å². The first-order valence-electron chi connectivity index (χ1n) is 7.90. The molecule has 0 N–H and O–H groups in total. The van der Waals surface area contributed by atoms with Gasteiger partial charge in [0.1, 0.15) is 10.8 Å². The summed E-state index contributed by atoms with van der Waals surface area (Å²) in [6.07, 6.45) is 1.05. The predicted octanol–water partition coefficient (Wildman–Crippen LogP) is 2.38. The Morgan fingerprint density at radius 1 is 1.30 bits per heavy atom. The highest BCUT2D eigenvalue weighted by Gasteiger charge is 2.42. The molecule has 3 heterocycles. The zero-order valence-corrected chi connectivity index (χ0v) is 15.0. The van der Waals surface area contributed by atoms with Crippen molar-refractivity contribution in [1.82, 2.24) is 9.21 Å². The zero-order chi connectivity index (χ0) is 16.6. The Balaban J connectivity index is 1.68. The number of hydrogen-bond acceptors (Lipinski definition) is 5. The summed E-state index contributed by atoms with van der Waals surface area (Å²) in [7, 11) is -3.39. The van der Waals surface area contributed by atoms with Crippen molar-refractivity contribution in [2.45, 2.75) is 43.0 Å². The fourth-order valence-corrected chi connectivity index (χ4v) is 5.89. The Kier molecular flexibility index (Phi) is 4.66. The van der Waals surface area contributed by atoms with Crippen molar-refractivity contribution in [3.05, 3.63) is 17.5 Å². The van der Waals surface area contributed by atoms with Crippen molar-refractivity contribution in [3.63, 3.8) is 0 Å². The number of sulfonamides is 1. The topological polar surface area (TPSA) is 66.9 Å². The van der Waals surface area contributed by atoms with E-state index in [0.29, 0.717) is 42.7 Å². The molecule has 0 radical (unpaired) electrons. The summed E-state index contributed by atoms with van der Waals surface area (Å²) in [4.78, 5) is 13.9. The van der Waals surface area contributed by atoms with E-state index in [1.54, 1.807) is 17.5 Å². The number of thiophene rings is 1. The van der Waals surface area contributed by atoms with E-state index in [0.717, 1.165) is 0 Å². The maximum absolute atomic E-state index is 12.5. The monoisotopic (exact) mass is 358 g/mol. The SMILES string of the molecule is CC(C)C1COC(=O)N1C1CCN(S(=O)(=O)c2cccs2)CC1. The average Bonchev–Trinajstić information content (AvgIpc) is 3.17. The molecule has 0 aliphatic carbocycles. The number of ether oxygens (including phenoxy) is 1. The summed E-state index contributed by atoms with van der Waals surface area (Å²) < 4.78 is 32.2. The summed E-state index contributed by atoms with van der Waals surface area (Å²) in [5.41, 5.74) is 0. The van der Waals surface area contributed by atoms with Gasteiger partial charge in [-0.15, -0.1) is 11.3 Å². The standard InChI is InChI=1S/C15H22N2O4S2/c1-11(2)13-10-21-15(18)17(13)12-5-7-16(8-6-12)23(19,20)14-4-3-9-22-14/h3-4,9,11-13H,5-8,10H2,1-2H3. The van der Waals surface area contributed by atoms with E-state index >= 15 is 0 Å². The Hall–Kier alpha value is -1.12. The quantitative estimate of drug-likeness (QED) is 0.829. The van der Waals surface area contributed by atoms with E-state index in [4.69, 9.17) is 4.74 Å². The third-order valence-electron chi connectivity index (χ3n) is 4.62. The van der Waals surface area contributed by atoms with Crippen LogP contribution >= 0.6 is 11.3 Å². The van der Waals surface area contributed by atoms with E-state index < -0.39 is 10.0 Å². The second-order valence-electron chi connectivity index (χ2n) is 6.36. The largest absolute Gasteiger partial charge is 0.447 e. The fourth-order valence-electron chi connectivity index (χ4n) is 3.28. The summed E-state index contributed by atoms with van der Waals surface area (Å²) >= 11 is 1.24. The third-order valence-corrected chi connectivity index (χ3v) is 7.89. The number of rotatable bonds is 4. The van der Waals surface area contributed by atoms with E-state index in [9.17, 15) is 13.2 Å². The van der Waals surface area contributed by atoms with Crippen molar-refractivity contribution in [3.8, 4) is 0 Å². The van der Waals surface area contributed by atoms with Crippen molar-refractivity contribution >= 4 is 27.5 Å². The predicted molar refractivity (Wildman–Crippen MR) is 87.9 cm³/mol. The molecule has 6 nitrogen and oxygen atoms in total. The number of nitrogens with zero attached hydrogens (tertiary/aromatic N) is 2. The van der Waals surface area contributed by atoms with Crippen LogP contribution in [0.3, 0.4) is 0 Å². The van der Waals surface area contributed by atoms with Crippen LogP contribution < -0.4 is 0 Å². The summed E-state index contributed by atoms with van der Waals surface area (Å²) in [6.45, 7) is 5.48. The third kappa shape index (κ3) is 3.12. The summed E-state index contributed by atoms with van der Waals surface area (Å²) in [6, 6.07) is 3.54. The summed E-state index contributed by atoms with van der Waals surface area (Å²) in [5, 5.41) is 1.77. The van der Waals surface area contributed by atoms with Gasteiger partial charge in [-0.2, -0.15) is 4.31 Å². The van der Waals surface area contributed by atoms with Gasteiger partial charge in [0.15, 0.2) is 0 Å². The molecule has 0 spiro atoms. The van der Waals surface area contributed by atoms with E-state index in [-0.39, 0.29) is 18.2 Å². The van der Waals surface area contributed by atoms with Gasteiger partial charge in [0.05, 0.1) is 6.04 Å². The number of carbonyl (C=O) groups is 1. The molecule has 2 fully saturated rings. The molecule has 1 unspecified atom stereocenters. The van der Waals surface area contributed by atoms with Crippen LogP contribution in [0, 0.1) is 5.92 Å². The molecule has 23 heavy (non-hydrogen) atoms. The molecule has 2 aliphatic heterocycles. The Morgan fingerprint density at radius 2 is 2.00 bits per heavy atom. The molecular formula is C15H22N2O4S2. The first kappa shape index (κ1) is 16.7. The van der Waals surface area contributed by atoms with Gasteiger partial charge in [0.2, 0.25) is 0 Å². The second-order valence-corrected chi connectivity index (χ2v) is 9.48. The molecule has 0 saturated carbocycles. The van der Waals surface area contributed by atoms with Crippen LogP contribution in [0.1, 0.15) is 26.7 Å². The van der Waals surface area contributed by atoms with Crippen LogP contribution in [0.5, 0.6) is 0 Å². The maximum Gasteiger partial charge on any atom is 0.410 e. The minimum atomic E-state index is -3.39. The molecule has 2 aliphatic rings. The molecule has 0 bridgehead atoms. The van der Waals surface area contributed by atoms with Crippen LogP contribution in [0.4, 0.5) is 4.79 Å². The summed E-state index contributed by atoms with van der Waals surface area (Å²) in [5.74, 6) is 0.328. The molecule has 1 aromatic heterocycles. The molecule has 1 amide bonds. The van der Waals surface area contributed by atoms with E-state index in [1.807, 2.05) is 4.90 Å². The lowest BCUT2D eigenvalue weighted by Crippen LogP contribution is -2.50. The smallest absolute Gasteiger partial charge is 0.410 e. The molecule has 128 valence electrons. The molecule has 1 atom stereocenters. The van der Waals surface area contributed by atoms with Gasteiger partial charge in [0.25, 0.3) is 10.0 Å². The first-order valence-corrected chi connectivity index (χ1v) is 10.2. The van der Waals surface area contributed by atoms with Crippen LogP contribution in [-0.2, 0) is 14.8 Å². The van der Waals surface area contributed by atoms with Gasteiger partial charge < -0.3 is 4.74 Å². The van der Waals surface area contributed by atoms with Gasteiger partial charge in [-0.05, 0) is 30.2 Å². The minimum Gasteiger partial charge on any atom is -0.447 e. The normalized spacial score (nSPS) is 24.4. The Bertz CT molecular complexity index is 649. The fraction of sp³-hybridized carbons (Fsp3) is 0.667. The molecule has 3 rings (SSSR count). The van der Waals surface area contributed by atoms with Gasteiger partial charge in [0, 0.05) is 19.1 Å². The highest BCUT2D eigenvalue weighted by Crippen LogP contribution is 2.30. The van der Waals surface area contributed by atoms with Crippen LogP contribution in [0.15, 0.2) is 21.7 Å². The number of piperidine rings is 1. The highest BCUT2D eigenvalue weighted by atomic mass is 32.2. The average molecular weight is 358 g/mol. The van der Waals surface area contributed by atoms with Crippen molar-refractivity contribution in [2.24, 2.45) is 5.92 Å². The highest BCUT2D eigenvalue weighted by molar-refractivity contribution is 7.91. The van der Waals surface area contributed by atoms with E-state index in [1.165, 1.54) is 15.6 Å². The van der Waals surface area contributed by atoms with Crippen molar-refractivity contribution < 1.29 is 17.9 Å². The molecule has 8 heteroatoms. The molecular weight excluding hydrogens is 336 g/mol. The minimum absolute atomic E-state index is 0.0622. The van der Waals surface area contributed by atoms with Gasteiger partial charge in [-0.1, -0.05) is 19.9 Å². The lowest BCUT2D eigenvalue weighted by atomic mass is 9.98. The first-order chi connectivity index (χ1) is 10.9. The van der Waals surface area contributed by atoms with Gasteiger partial charge in [-0.25, -0.2) is 13.2 Å². The van der Waals surface area contributed by atoms with Crippen molar-refractivity contribution in [2.75, 3.05) is 19.7 Å². The zero-order valence-electron chi connectivity index (χ0n) is 13.3. The number of carbonyl (C=O) groups excluding carboxylic acids is 1. The van der Waals surface area contributed by atoms with E-state index in [2.05, 4.69) is 13.8 Å². The lowest BCUT2D eigenvalue weighted by Gasteiger charge is -2.38. The lowest BCUT2D eigenvalue weighted by molar-refractivity contribution is 0.117. The molecule has 1 aromatic rings. The van der Waals surface area contributed by atoms with Crippen LogP contribution in [0.25, 0.3) is 0 Å². The van der Waals surface area contributed by atoms with Gasteiger partial charge >= 0.3 is 6.09 Å². The van der Waals surface area contributed by atoms with Crippen LogP contribution in [0.2, 0.25) is 0 Å². The second kappa shape index (κ2) is 6.41. The number of cyclic esters (lactones) is 1. The molecule has 0 aromatic carbocycles. The maximum atomic E-state index is 12.5. The van der Waals surface area contributed by atoms with Gasteiger partial charge in [-0.3, -0.25) is 4.90 Å². The Morgan fingerprint density at radius 3 is 2.57 bits per heavy atom.